The quantitative estimate of drug-likeness (QED) is 0.899. The van der Waals surface area contributed by atoms with Gasteiger partial charge < -0.3 is 5.32 Å². The van der Waals surface area contributed by atoms with Gasteiger partial charge in [0.25, 0.3) is 0 Å². The highest BCUT2D eigenvalue weighted by Gasteiger charge is 2.35. The van der Waals surface area contributed by atoms with E-state index in [0.717, 1.165) is 18.4 Å². The highest BCUT2D eigenvalue weighted by molar-refractivity contribution is 7.89. The maximum Gasteiger partial charge on any atom is 0.240 e. The minimum Gasteiger partial charge on any atom is -0.311 e. The van der Waals surface area contributed by atoms with Crippen LogP contribution in [0, 0.1) is 0 Å². The molecule has 0 spiro atoms. The van der Waals surface area contributed by atoms with E-state index in [-0.39, 0.29) is 11.5 Å². The second kappa shape index (κ2) is 5.62. The molecule has 2 fully saturated rings. The SMILES string of the molecule is CC(C)(C)c1ccc(S(=O)(=O)NC2CC3CCC(C2)N3)cc1. The molecule has 0 amide bonds. The van der Waals surface area contributed by atoms with Gasteiger partial charge in [-0.15, -0.1) is 0 Å². The van der Waals surface area contributed by atoms with Gasteiger partial charge in [0, 0.05) is 18.1 Å². The number of rotatable bonds is 3. The zero-order valence-electron chi connectivity index (χ0n) is 13.6. The topological polar surface area (TPSA) is 58.2 Å². The summed E-state index contributed by atoms with van der Waals surface area (Å²) in [4.78, 5) is 0.367. The van der Waals surface area contributed by atoms with Crippen molar-refractivity contribution in [3.05, 3.63) is 29.8 Å². The molecule has 2 unspecified atom stereocenters. The predicted octanol–water partition coefficient (Wildman–Crippen LogP) is 2.55. The Balaban J connectivity index is 1.73. The second-order valence-electron chi connectivity index (χ2n) is 7.70. The van der Waals surface area contributed by atoms with Gasteiger partial charge in [-0.1, -0.05) is 32.9 Å². The summed E-state index contributed by atoms with van der Waals surface area (Å²) in [5.74, 6) is 0. The molecule has 2 aliphatic heterocycles. The van der Waals surface area contributed by atoms with Crippen LogP contribution in [0.2, 0.25) is 0 Å². The zero-order valence-corrected chi connectivity index (χ0v) is 14.4. The lowest BCUT2D eigenvalue weighted by Gasteiger charge is -2.29. The van der Waals surface area contributed by atoms with Crippen LogP contribution in [0.5, 0.6) is 0 Å². The lowest BCUT2D eigenvalue weighted by atomic mass is 9.87. The normalized spacial score (nSPS) is 28.8. The van der Waals surface area contributed by atoms with Gasteiger partial charge in [0.15, 0.2) is 0 Å². The molecule has 2 bridgehead atoms. The fourth-order valence-electron chi connectivity index (χ4n) is 3.58. The Morgan fingerprint density at radius 2 is 1.59 bits per heavy atom. The maximum absolute atomic E-state index is 12.6. The number of piperidine rings is 1. The first-order chi connectivity index (χ1) is 10.2. The third-order valence-electron chi connectivity index (χ3n) is 4.83. The molecule has 2 N–H and O–H groups in total. The molecule has 3 rings (SSSR count). The highest BCUT2D eigenvalue weighted by atomic mass is 32.2. The van der Waals surface area contributed by atoms with Crippen LogP contribution in [0.3, 0.4) is 0 Å². The van der Waals surface area contributed by atoms with Crippen molar-refractivity contribution in [1.82, 2.24) is 10.0 Å². The third-order valence-corrected chi connectivity index (χ3v) is 6.36. The van der Waals surface area contributed by atoms with Gasteiger partial charge in [-0.25, -0.2) is 13.1 Å². The van der Waals surface area contributed by atoms with Crippen molar-refractivity contribution in [1.29, 1.82) is 0 Å². The van der Waals surface area contributed by atoms with E-state index in [2.05, 4.69) is 30.8 Å². The van der Waals surface area contributed by atoms with E-state index in [9.17, 15) is 8.42 Å². The predicted molar refractivity (Wildman–Crippen MR) is 88.4 cm³/mol. The van der Waals surface area contributed by atoms with Crippen molar-refractivity contribution in [3.8, 4) is 0 Å². The fourth-order valence-corrected chi connectivity index (χ4v) is 4.84. The van der Waals surface area contributed by atoms with Crippen LogP contribution in [-0.2, 0) is 15.4 Å². The van der Waals surface area contributed by atoms with Crippen LogP contribution >= 0.6 is 0 Å². The molecular weight excluding hydrogens is 296 g/mol. The molecule has 2 heterocycles. The summed E-state index contributed by atoms with van der Waals surface area (Å²) in [7, 11) is -3.42. The lowest BCUT2D eigenvalue weighted by Crippen LogP contribution is -2.47. The first-order valence-electron chi connectivity index (χ1n) is 8.13. The molecule has 2 saturated heterocycles. The Morgan fingerprint density at radius 3 is 2.09 bits per heavy atom. The number of benzene rings is 1. The number of nitrogens with one attached hydrogen (secondary N) is 2. The molecule has 4 nitrogen and oxygen atoms in total. The summed E-state index contributed by atoms with van der Waals surface area (Å²) in [6.45, 7) is 6.37. The molecule has 22 heavy (non-hydrogen) atoms. The molecule has 0 radical (unpaired) electrons. The van der Waals surface area contributed by atoms with Crippen molar-refractivity contribution in [2.75, 3.05) is 0 Å². The zero-order chi connectivity index (χ0) is 16.0. The van der Waals surface area contributed by atoms with Gasteiger partial charge in [0.2, 0.25) is 10.0 Å². The summed E-state index contributed by atoms with van der Waals surface area (Å²) >= 11 is 0. The van der Waals surface area contributed by atoms with E-state index in [1.807, 2.05) is 12.1 Å². The standard InChI is InChI=1S/C17H26N2O2S/c1-17(2,3)12-4-8-16(9-5-12)22(20,21)19-15-10-13-6-7-14(11-15)18-13/h4-5,8-9,13-15,18-19H,6-7,10-11H2,1-3H3. The van der Waals surface area contributed by atoms with Crippen LogP contribution in [-0.4, -0.2) is 26.5 Å². The molecule has 1 aromatic carbocycles. The minimum absolute atomic E-state index is 0.0317. The van der Waals surface area contributed by atoms with Crippen LogP contribution in [0.15, 0.2) is 29.2 Å². The molecular formula is C17H26N2O2S. The van der Waals surface area contributed by atoms with Crippen LogP contribution in [0.4, 0.5) is 0 Å². The number of hydrogen-bond donors (Lipinski definition) is 2. The Kier molecular flexibility index (Phi) is 4.08. The van der Waals surface area contributed by atoms with E-state index in [1.165, 1.54) is 12.8 Å². The molecule has 0 aliphatic carbocycles. The maximum atomic E-state index is 12.6. The van der Waals surface area contributed by atoms with E-state index >= 15 is 0 Å². The van der Waals surface area contributed by atoms with E-state index in [1.54, 1.807) is 12.1 Å². The first kappa shape index (κ1) is 16.0. The Hall–Kier alpha value is -0.910. The molecule has 2 aliphatic rings. The fraction of sp³-hybridized carbons (Fsp3) is 0.647. The summed E-state index contributed by atoms with van der Waals surface area (Å²) in [6, 6.07) is 8.30. The molecule has 1 aromatic rings. The summed E-state index contributed by atoms with van der Waals surface area (Å²) in [5, 5.41) is 3.54. The van der Waals surface area contributed by atoms with Gasteiger partial charge in [-0.3, -0.25) is 0 Å². The highest BCUT2D eigenvalue weighted by Crippen LogP contribution is 2.28. The summed E-state index contributed by atoms with van der Waals surface area (Å²) < 4.78 is 28.0. The third kappa shape index (κ3) is 3.36. The average molecular weight is 322 g/mol. The Bertz CT molecular complexity index is 620. The lowest BCUT2D eigenvalue weighted by molar-refractivity contribution is 0.345. The summed E-state index contributed by atoms with van der Waals surface area (Å²) in [5.41, 5.74) is 1.18. The van der Waals surface area contributed by atoms with Crippen molar-refractivity contribution in [3.63, 3.8) is 0 Å². The molecule has 5 heteroatoms. The van der Waals surface area contributed by atoms with E-state index in [4.69, 9.17) is 0 Å². The second-order valence-corrected chi connectivity index (χ2v) is 9.42. The Labute approximate surface area is 133 Å². The largest absolute Gasteiger partial charge is 0.311 e. The molecule has 122 valence electrons. The van der Waals surface area contributed by atoms with Gasteiger partial charge in [0.05, 0.1) is 4.90 Å². The van der Waals surface area contributed by atoms with Crippen molar-refractivity contribution >= 4 is 10.0 Å². The van der Waals surface area contributed by atoms with Gasteiger partial charge in [-0.2, -0.15) is 0 Å². The minimum atomic E-state index is -3.42. The van der Waals surface area contributed by atoms with Gasteiger partial charge in [0.1, 0.15) is 0 Å². The Morgan fingerprint density at radius 1 is 1.05 bits per heavy atom. The van der Waals surface area contributed by atoms with Crippen LogP contribution in [0.1, 0.15) is 52.0 Å². The van der Waals surface area contributed by atoms with Crippen LogP contribution in [0.25, 0.3) is 0 Å². The van der Waals surface area contributed by atoms with E-state index in [0.29, 0.717) is 17.0 Å². The van der Waals surface area contributed by atoms with Gasteiger partial charge >= 0.3 is 0 Å². The molecule has 2 atom stereocenters. The van der Waals surface area contributed by atoms with Gasteiger partial charge in [-0.05, 0) is 48.8 Å². The smallest absolute Gasteiger partial charge is 0.240 e. The number of fused-ring (bicyclic) bond motifs is 2. The number of hydrogen-bond acceptors (Lipinski definition) is 3. The van der Waals surface area contributed by atoms with Crippen LogP contribution < -0.4 is 10.0 Å². The monoisotopic (exact) mass is 322 g/mol. The van der Waals surface area contributed by atoms with Crippen molar-refractivity contribution in [2.45, 2.75) is 74.9 Å². The number of sulfonamides is 1. The summed E-state index contributed by atoms with van der Waals surface area (Å²) in [6.07, 6.45) is 4.14. The molecule has 0 saturated carbocycles. The average Bonchev–Trinajstić information content (AvgIpc) is 2.77. The van der Waals surface area contributed by atoms with Crippen molar-refractivity contribution in [2.24, 2.45) is 0 Å². The van der Waals surface area contributed by atoms with Crippen molar-refractivity contribution < 1.29 is 8.42 Å². The van der Waals surface area contributed by atoms with E-state index < -0.39 is 10.0 Å². The molecule has 0 aromatic heterocycles. The first-order valence-corrected chi connectivity index (χ1v) is 9.61.